The first-order chi connectivity index (χ1) is 16.7. The second-order valence-electron chi connectivity index (χ2n) is 9.67. The van der Waals surface area contributed by atoms with Crippen molar-refractivity contribution in [1.29, 1.82) is 0 Å². The summed E-state index contributed by atoms with van der Waals surface area (Å²) >= 11 is 0. The van der Waals surface area contributed by atoms with E-state index in [2.05, 4.69) is 4.90 Å². The number of aryl methyl sites for hydroxylation is 2. The van der Waals surface area contributed by atoms with Crippen LogP contribution in [0.5, 0.6) is 0 Å². The average molecular weight is 484 g/mol. The molecule has 1 aliphatic rings. The Bertz CT molecular complexity index is 1050. The molecule has 0 aromatic heterocycles. The predicted octanol–water partition coefficient (Wildman–Crippen LogP) is 5.47. The van der Waals surface area contributed by atoms with Gasteiger partial charge in [-0.2, -0.15) is 0 Å². The highest BCUT2D eigenvalue weighted by Crippen LogP contribution is 2.26. The van der Waals surface area contributed by atoms with Crippen molar-refractivity contribution in [3.63, 3.8) is 0 Å². The van der Waals surface area contributed by atoms with Crippen molar-refractivity contribution in [3.8, 4) is 0 Å². The van der Waals surface area contributed by atoms with Crippen LogP contribution in [0.3, 0.4) is 0 Å². The number of benzene rings is 2. The Hall–Kier alpha value is -2.54. The topological polar surface area (TPSA) is 70.0 Å². The number of nitrogens with zero attached hydrogens (tertiary/aromatic N) is 1. The van der Waals surface area contributed by atoms with E-state index in [4.69, 9.17) is 4.74 Å². The van der Waals surface area contributed by atoms with Crippen LogP contribution in [0.25, 0.3) is 6.08 Å². The number of β-amino-alcohol motifs (C(OH)–C–C–N with tert-alkyl or cyclic N) is 1. The van der Waals surface area contributed by atoms with Crippen LogP contribution in [-0.2, 0) is 16.0 Å². The maximum absolute atomic E-state index is 14.0. The van der Waals surface area contributed by atoms with Crippen molar-refractivity contribution < 1.29 is 24.1 Å². The van der Waals surface area contributed by atoms with Crippen LogP contribution in [0, 0.1) is 19.7 Å². The molecule has 1 fully saturated rings. The van der Waals surface area contributed by atoms with Gasteiger partial charge in [-0.25, -0.2) is 9.18 Å². The van der Waals surface area contributed by atoms with Crippen LogP contribution in [0.15, 0.2) is 42.0 Å². The SMILES string of the molecule is CCC(=Cc1ccc(C)cc1[C@@H](C)OC[C@H](O)CN1CCC[C@H]1Cc1ccc(C)c(F)c1)C(=O)O. The molecule has 0 bridgehead atoms. The van der Waals surface area contributed by atoms with E-state index in [9.17, 15) is 19.4 Å². The van der Waals surface area contributed by atoms with Gasteiger partial charge in [-0.15, -0.1) is 0 Å². The molecule has 0 spiro atoms. The van der Waals surface area contributed by atoms with Crippen LogP contribution in [0.4, 0.5) is 4.39 Å². The summed E-state index contributed by atoms with van der Waals surface area (Å²) in [4.78, 5) is 13.8. The maximum Gasteiger partial charge on any atom is 0.331 e. The first kappa shape index (κ1) is 27.1. The zero-order chi connectivity index (χ0) is 25.5. The smallest absolute Gasteiger partial charge is 0.331 e. The van der Waals surface area contributed by atoms with Crippen molar-refractivity contribution >= 4 is 12.0 Å². The summed E-state index contributed by atoms with van der Waals surface area (Å²) in [6.45, 7) is 9.10. The van der Waals surface area contributed by atoms with E-state index in [-0.39, 0.29) is 24.6 Å². The van der Waals surface area contributed by atoms with Crippen LogP contribution < -0.4 is 0 Å². The lowest BCUT2D eigenvalue weighted by Gasteiger charge is -2.27. The molecule has 2 N–H and O–H groups in total. The lowest BCUT2D eigenvalue weighted by Crippen LogP contribution is -2.39. The number of halogens is 1. The minimum atomic E-state index is -0.920. The van der Waals surface area contributed by atoms with Crippen molar-refractivity contribution in [2.75, 3.05) is 19.7 Å². The fourth-order valence-corrected chi connectivity index (χ4v) is 4.75. The lowest BCUT2D eigenvalue weighted by atomic mass is 9.98. The number of hydrogen-bond acceptors (Lipinski definition) is 4. The Kier molecular flexibility index (Phi) is 9.61. The van der Waals surface area contributed by atoms with Crippen molar-refractivity contribution in [1.82, 2.24) is 4.90 Å². The Labute approximate surface area is 208 Å². The average Bonchev–Trinajstić information content (AvgIpc) is 3.24. The normalized spacial score (nSPS) is 18.6. The third kappa shape index (κ3) is 7.47. The first-order valence-corrected chi connectivity index (χ1v) is 12.5. The van der Waals surface area contributed by atoms with E-state index >= 15 is 0 Å². The molecule has 0 aliphatic carbocycles. The van der Waals surface area contributed by atoms with Gasteiger partial charge in [0.1, 0.15) is 5.82 Å². The van der Waals surface area contributed by atoms with Gasteiger partial charge in [0.05, 0.1) is 18.8 Å². The molecule has 0 amide bonds. The number of hydrogen-bond donors (Lipinski definition) is 2. The minimum absolute atomic E-state index is 0.172. The molecule has 1 aliphatic heterocycles. The number of rotatable bonds is 11. The lowest BCUT2D eigenvalue weighted by molar-refractivity contribution is -0.132. The molecule has 3 atom stereocenters. The molecule has 0 saturated carbocycles. The molecular formula is C29H38FNO4. The molecule has 0 unspecified atom stereocenters. The third-order valence-corrected chi connectivity index (χ3v) is 6.86. The second kappa shape index (κ2) is 12.4. The van der Waals surface area contributed by atoms with E-state index < -0.39 is 12.1 Å². The van der Waals surface area contributed by atoms with E-state index in [1.165, 1.54) is 0 Å². The molecule has 0 radical (unpaired) electrons. The molecule has 35 heavy (non-hydrogen) atoms. The van der Waals surface area contributed by atoms with Gasteiger partial charge in [-0.05, 0) is 87.4 Å². The van der Waals surface area contributed by atoms with Crippen LogP contribution in [-0.4, -0.2) is 52.9 Å². The summed E-state index contributed by atoms with van der Waals surface area (Å²) in [5.41, 5.74) is 4.77. The summed E-state index contributed by atoms with van der Waals surface area (Å²) in [5.74, 6) is -1.09. The number of ether oxygens (including phenoxy) is 1. The number of likely N-dealkylation sites (tertiary alicyclic amines) is 1. The van der Waals surface area contributed by atoms with Crippen LogP contribution >= 0.6 is 0 Å². The number of aliphatic carboxylic acids is 1. The molecule has 6 heteroatoms. The quantitative estimate of drug-likeness (QED) is 0.415. The Balaban J connectivity index is 1.60. The van der Waals surface area contributed by atoms with E-state index in [1.807, 2.05) is 51.1 Å². The third-order valence-electron chi connectivity index (χ3n) is 6.86. The Morgan fingerprint density at radius 2 is 2.03 bits per heavy atom. The Morgan fingerprint density at radius 1 is 1.26 bits per heavy atom. The molecule has 3 rings (SSSR count). The summed E-state index contributed by atoms with van der Waals surface area (Å²) in [6, 6.07) is 11.6. The maximum atomic E-state index is 14.0. The molecule has 1 saturated heterocycles. The minimum Gasteiger partial charge on any atom is -0.478 e. The predicted molar refractivity (Wildman–Crippen MR) is 137 cm³/mol. The number of carboxylic acids is 1. The van der Waals surface area contributed by atoms with Crippen LogP contribution in [0.2, 0.25) is 0 Å². The van der Waals surface area contributed by atoms with Gasteiger partial charge in [-0.1, -0.05) is 42.8 Å². The fraction of sp³-hybridized carbons (Fsp3) is 0.483. The first-order valence-electron chi connectivity index (χ1n) is 12.5. The highest BCUT2D eigenvalue weighted by Gasteiger charge is 2.27. The van der Waals surface area contributed by atoms with Gasteiger partial charge < -0.3 is 14.9 Å². The number of aliphatic hydroxyl groups is 1. The van der Waals surface area contributed by atoms with Gasteiger partial charge in [0, 0.05) is 18.2 Å². The molecule has 2 aromatic carbocycles. The van der Waals surface area contributed by atoms with Crippen molar-refractivity contribution in [3.05, 3.63) is 75.6 Å². The van der Waals surface area contributed by atoms with Gasteiger partial charge in [-0.3, -0.25) is 4.90 Å². The molecule has 1 heterocycles. The molecule has 5 nitrogen and oxygen atoms in total. The summed E-state index contributed by atoms with van der Waals surface area (Å²) in [6.07, 6.45) is 4.05. The van der Waals surface area contributed by atoms with Crippen molar-refractivity contribution in [2.45, 2.75) is 71.6 Å². The van der Waals surface area contributed by atoms with E-state index in [1.54, 1.807) is 19.1 Å². The fourth-order valence-electron chi connectivity index (χ4n) is 4.75. The Morgan fingerprint density at radius 3 is 2.71 bits per heavy atom. The summed E-state index contributed by atoms with van der Waals surface area (Å²) in [5, 5.41) is 20.1. The highest BCUT2D eigenvalue weighted by atomic mass is 19.1. The number of carbonyl (C=O) groups is 1. The highest BCUT2D eigenvalue weighted by molar-refractivity contribution is 5.92. The summed E-state index contributed by atoms with van der Waals surface area (Å²) in [7, 11) is 0. The largest absolute Gasteiger partial charge is 0.478 e. The molecular weight excluding hydrogens is 445 g/mol. The van der Waals surface area contributed by atoms with Gasteiger partial charge in [0.15, 0.2) is 0 Å². The van der Waals surface area contributed by atoms with Crippen LogP contribution in [0.1, 0.15) is 67.0 Å². The van der Waals surface area contributed by atoms with E-state index in [0.717, 1.165) is 48.1 Å². The monoisotopic (exact) mass is 483 g/mol. The number of carboxylic acid groups (broad SMARTS) is 1. The molecule has 2 aromatic rings. The number of aliphatic hydroxyl groups excluding tert-OH is 1. The molecule has 190 valence electrons. The van der Waals surface area contributed by atoms with Gasteiger partial charge >= 0.3 is 5.97 Å². The van der Waals surface area contributed by atoms with Crippen molar-refractivity contribution in [2.24, 2.45) is 0 Å². The zero-order valence-corrected chi connectivity index (χ0v) is 21.3. The second-order valence-corrected chi connectivity index (χ2v) is 9.67. The van der Waals surface area contributed by atoms with E-state index in [0.29, 0.717) is 24.1 Å². The van der Waals surface area contributed by atoms with Gasteiger partial charge in [0.25, 0.3) is 0 Å². The standard InChI is InChI=1S/C29H38FNO4/c1-5-23(29(33)34)16-24-11-8-19(2)13-27(24)21(4)35-18-26(32)17-31-12-6-7-25(31)14-22-10-9-20(3)28(30)15-22/h8-11,13,15-16,21,25-26,32H,5-7,12,14,17-18H2,1-4H3,(H,33,34)/t21-,25+,26-/m1/s1. The zero-order valence-electron chi connectivity index (χ0n) is 21.3. The summed E-state index contributed by atoms with van der Waals surface area (Å²) < 4.78 is 20.0. The van der Waals surface area contributed by atoms with Gasteiger partial charge in [0.2, 0.25) is 0 Å².